The molecule has 3 heteroatoms. The maximum absolute atomic E-state index is 13.1. The van der Waals surface area contributed by atoms with Crippen LogP contribution in [0.4, 0.5) is 4.39 Å². The summed E-state index contributed by atoms with van der Waals surface area (Å²) in [6.45, 7) is 0.754. The third kappa shape index (κ3) is 4.11. The molecular weight excluding hydrogens is 197 g/mol. The number of hydrogen-bond donors (Lipinski definition) is 1. The van der Waals surface area contributed by atoms with Crippen LogP contribution in [-0.4, -0.2) is 12.3 Å². The van der Waals surface area contributed by atoms with Crippen LogP contribution in [0.1, 0.15) is 19.3 Å². The van der Waals surface area contributed by atoms with Crippen molar-refractivity contribution >= 4 is 11.8 Å². The average Bonchev–Trinajstić information content (AvgIpc) is 2.20. The molecule has 0 fully saturated rings. The van der Waals surface area contributed by atoms with Crippen LogP contribution < -0.4 is 5.73 Å². The normalized spacial score (nSPS) is 10.4. The van der Waals surface area contributed by atoms with E-state index in [2.05, 4.69) is 0 Å². The molecule has 1 nitrogen and oxygen atoms in total. The topological polar surface area (TPSA) is 26.0 Å². The molecule has 14 heavy (non-hydrogen) atoms. The Morgan fingerprint density at radius 1 is 1.14 bits per heavy atom. The van der Waals surface area contributed by atoms with E-state index in [1.807, 2.05) is 12.1 Å². The first-order valence-electron chi connectivity index (χ1n) is 4.92. The Labute approximate surface area is 88.9 Å². The van der Waals surface area contributed by atoms with E-state index in [4.69, 9.17) is 5.73 Å². The summed E-state index contributed by atoms with van der Waals surface area (Å²) in [4.78, 5) is 0.750. The van der Waals surface area contributed by atoms with Gasteiger partial charge in [-0.05, 0) is 37.3 Å². The van der Waals surface area contributed by atoms with Gasteiger partial charge in [-0.3, -0.25) is 0 Å². The van der Waals surface area contributed by atoms with Crippen molar-refractivity contribution in [3.8, 4) is 0 Å². The second kappa shape index (κ2) is 6.85. The molecule has 0 aliphatic rings. The van der Waals surface area contributed by atoms with Crippen molar-refractivity contribution in [1.82, 2.24) is 0 Å². The van der Waals surface area contributed by atoms with Gasteiger partial charge in [-0.2, -0.15) is 0 Å². The monoisotopic (exact) mass is 213 g/mol. The van der Waals surface area contributed by atoms with Crippen LogP contribution in [0.3, 0.4) is 0 Å². The second-order valence-corrected chi connectivity index (χ2v) is 4.26. The van der Waals surface area contributed by atoms with Gasteiger partial charge in [0.05, 0.1) is 0 Å². The highest BCUT2D eigenvalue weighted by Gasteiger charge is 1.99. The number of rotatable bonds is 6. The largest absolute Gasteiger partial charge is 0.330 e. The Hall–Kier alpha value is -0.540. The zero-order valence-corrected chi connectivity index (χ0v) is 9.02. The van der Waals surface area contributed by atoms with E-state index >= 15 is 0 Å². The van der Waals surface area contributed by atoms with Gasteiger partial charge in [0.2, 0.25) is 0 Å². The molecule has 0 bridgehead atoms. The summed E-state index contributed by atoms with van der Waals surface area (Å²) in [5.74, 6) is 0.859. The predicted octanol–water partition coefficient (Wildman–Crippen LogP) is 3.05. The Morgan fingerprint density at radius 3 is 2.64 bits per heavy atom. The standard InChI is InChI=1S/C11H16FNS/c12-10-6-2-3-7-11(10)14-9-5-1-4-8-13/h2-3,6-7H,1,4-5,8-9,13H2. The molecule has 78 valence electrons. The molecular formula is C11H16FNS. The molecule has 0 spiro atoms. The van der Waals surface area contributed by atoms with Crippen LogP contribution in [0.25, 0.3) is 0 Å². The van der Waals surface area contributed by atoms with Crippen LogP contribution in [0.2, 0.25) is 0 Å². The number of halogens is 1. The first-order chi connectivity index (χ1) is 6.84. The molecule has 2 N–H and O–H groups in total. The minimum absolute atomic E-state index is 0.115. The van der Waals surface area contributed by atoms with Gasteiger partial charge in [-0.1, -0.05) is 18.6 Å². The quantitative estimate of drug-likeness (QED) is 0.580. The smallest absolute Gasteiger partial charge is 0.136 e. The summed E-state index contributed by atoms with van der Waals surface area (Å²) >= 11 is 1.58. The first-order valence-corrected chi connectivity index (χ1v) is 5.90. The van der Waals surface area contributed by atoms with Gasteiger partial charge in [0.15, 0.2) is 0 Å². The van der Waals surface area contributed by atoms with E-state index < -0.39 is 0 Å². The molecule has 0 aliphatic heterocycles. The van der Waals surface area contributed by atoms with Crippen molar-refractivity contribution in [3.63, 3.8) is 0 Å². The molecule has 0 saturated heterocycles. The van der Waals surface area contributed by atoms with Gasteiger partial charge < -0.3 is 5.73 Å². The predicted molar refractivity (Wildman–Crippen MR) is 60.0 cm³/mol. The SMILES string of the molecule is NCCCCCSc1ccccc1F. The number of thioether (sulfide) groups is 1. The summed E-state index contributed by atoms with van der Waals surface area (Å²) < 4.78 is 13.1. The number of nitrogens with two attached hydrogens (primary N) is 1. The van der Waals surface area contributed by atoms with Crippen molar-refractivity contribution in [2.24, 2.45) is 5.73 Å². The minimum Gasteiger partial charge on any atom is -0.330 e. The highest BCUT2D eigenvalue weighted by atomic mass is 32.2. The lowest BCUT2D eigenvalue weighted by atomic mass is 10.2. The molecule has 1 rings (SSSR count). The molecule has 0 aromatic heterocycles. The van der Waals surface area contributed by atoms with Crippen molar-refractivity contribution in [3.05, 3.63) is 30.1 Å². The van der Waals surface area contributed by atoms with Crippen molar-refractivity contribution in [2.45, 2.75) is 24.2 Å². The Morgan fingerprint density at radius 2 is 1.93 bits per heavy atom. The van der Waals surface area contributed by atoms with E-state index in [0.717, 1.165) is 36.5 Å². The highest BCUT2D eigenvalue weighted by molar-refractivity contribution is 7.99. The zero-order valence-electron chi connectivity index (χ0n) is 8.21. The van der Waals surface area contributed by atoms with Crippen LogP contribution >= 0.6 is 11.8 Å². The molecule has 0 heterocycles. The summed E-state index contributed by atoms with van der Waals surface area (Å²) in [6, 6.07) is 6.91. The molecule has 0 saturated carbocycles. The summed E-state index contributed by atoms with van der Waals surface area (Å²) in [7, 11) is 0. The van der Waals surface area contributed by atoms with E-state index in [-0.39, 0.29) is 5.82 Å². The lowest BCUT2D eigenvalue weighted by molar-refractivity contribution is 0.602. The third-order valence-corrected chi connectivity index (χ3v) is 3.08. The van der Waals surface area contributed by atoms with Gasteiger partial charge in [0, 0.05) is 4.90 Å². The molecule has 0 aliphatic carbocycles. The van der Waals surface area contributed by atoms with Crippen LogP contribution in [0.5, 0.6) is 0 Å². The number of benzene rings is 1. The fraction of sp³-hybridized carbons (Fsp3) is 0.455. The fourth-order valence-corrected chi connectivity index (χ4v) is 2.12. The fourth-order valence-electron chi connectivity index (χ4n) is 1.17. The highest BCUT2D eigenvalue weighted by Crippen LogP contribution is 2.22. The first kappa shape index (κ1) is 11.5. The molecule has 1 aromatic rings. The van der Waals surface area contributed by atoms with E-state index in [1.165, 1.54) is 6.07 Å². The maximum atomic E-state index is 13.1. The van der Waals surface area contributed by atoms with Crippen molar-refractivity contribution in [2.75, 3.05) is 12.3 Å². The van der Waals surface area contributed by atoms with Gasteiger partial charge in [0.25, 0.3) is 0 Å². The third-order valence-electron chi connectivity index (χ3n) is 1.94. The van der Waals surface area contributed by atoms with Crippen LogP contribution in [0, 0.1) is 5.82 Å². The number of hydrogen-bond acceptors (Lipinski definition) is 2. The summed E-state index contributed by atoms with van der Waals surface area (Å²) in [6.07, 6.45) is 3.31. The van der Waals surface area contributed by atoms with E-state index in [1.54, 1.807) is 17.8 Å². The lowest BCUT2D eigenvalue weighted by Crippen LogP contribution is -1.97. The molecule has 0 unspecified atom stereocenters. The summed E-state index contributed by atoms with van der Waals surface area (Å²) in [5, 5.41) is 0. The zero-order chi connectivity index (χ0) is 10.2. The Balaban J connectivity index is 2.21. The van der Waals surface area contributed by atoms with E-state index in [0.29, 0.717) is 0 Å². The van der Waals surface area contributed by atoms with Gasteiger partial charge >= 0.3 is 0 Å². The number of unbranched alkanes of at least 4 members (excludes halogenated alkanes) is 2. The molecule has 0 atom stereocenters. The van der Waals surface area contributed by atoms with Gasteiger partial charge in [-0.15, -0.1) is 11.8 Å². The average molecular weight is 213 g/mol. The minimum atomic E-state index is -0.115. The molecule has 0 amide bonds. The second-order valence-electron chi connectivity index (χ2n) is 3.13. The Bertz CT molecular complexity index is 265. The lowest BCUT2D eigenvalue weighted by Gasteiger charge is -2.02. The van der Waals surface area contributed by atoms with Crippen LogP contribution in [0.15, 0.2) is 29.2 Å². The molecule has 1 aromatic carbocycles. The van der Waals surface area contributed by atoms with Gasteiger partial charge in [-0.25, -0.2) is 4.39 Å². The maximum Gasteiger partial charge on any atom is 0.136 e. The van der Waals surface area contributed by atoms with Gasteiger partial charge in [0.1, 0.15) is 5.82 Å². The Kier molecular flexibility index (Phi) is 5.64. The summed E-state index contributed by atoms with van der Waals surface area (Å²) in [5.41, 5.74) is 5.38. The van der Waals surface area contributed by atoms with E-state index in [9.17, 15) is 4.39 Å². The molecule has 0 radical (unpaired) electrons. The van der Waals surface area contributed by atoms with Crippen molar-refractivity contribution in [1.29, 1.82) is 0 Å². The van der Waals surface area contributed by atoms with Crippen LogP contribution in [-0.2, 0) is 0 Å². The van der Waals surface area contributed by atoms with Crippen molar-refractivity contribution < 1.29 is 4.39 Å².